The molecule has 29 heteroatoms. The number of amides is 4. The molecule has 304 valence electrons. The first-order valence-electron chi connectivity index (χ1n) is 17.3. The molecule has 0 unspecified atom stereocenters. The van der Waals surface area contributed by atoms with Crippen LogP contribution in [0.2, 0.25) is 0 Å². The summed E-state index contributed by atoms with van der Waals surface area (Å²) in [4.78, 5) is 70.2. The van der Waals surface area contributed by atoms with Crippen molar-refractivity contribution in [3.8, 4) is 11.9 Å². The van der Waals surface area contributed by atoms with Gasteiger partial charge in [-0.15, -0.1) is 10.2 Å². The van der Waals surface area contributed by atoms with Gasteiger partial charge in [-0.3, -0.25) is 20.2 Å². The number of nitrogens with one attached hydrogen (secondary N) is 4. The summed E-state index contributed by atoms with van der Waals surface area (Å²) in [5.74, 6) is -2.11. The number of carbonyl (C=O) groups is 3. The van der Waals surface area contributed by atoms with Crippen LogP contribution in [0.25, 0.3) is 34.2 Å². The lowest BCUT2D eigenvalue weighted by molar-refractivity contribution is -0.126. The summed E-state index contributed by atoms with van der Waals surface area (Å²) in [6.07, 6.45) is -0.112. The van der Waals surface area contributed by atoms with E-state index in [9.17, 15) is 34.8 Å². The molecule has 6 aromatic heterocycles. The first kappa shape index (κ1) is 37.9. The highest BCUT2D eigenvalue weighted by Gasteiger charge is 2.45. The van der Waals surface area contributed by atoms with Crippen LogP contribution in [-0.2, 0) is 9.59 Å². The minimum Gasteiger partial charge on any atom is -0.388 e. The second-order valence-electron chi connectivity index (χ2n) is 13.3. The average molecular weight is 807 g/mol. The predicted octanol–water partition coefficient (Wildman–Crippen LogP) is -5.78. The number of fused-ring (bicyclic) bond motifs is 2. The van der Waals surface area contributed by atoms with Crippen LogP contribution in [0.15, 0.2) is 25.3 Å². The molecule has 8 rings (SSSR count). The second-order valence-corrected chi connectivity index (χ2v) is 13.3. The van der Waals surface area contributed by atoms with Crippen LogP contribution in [-0.4, -0.2) is 167 Å². The van der Waals surface area contributed by atoms with Gasteiger partial charge in [0.25, 0.3) is 23.8 Å². The van der Waals surface area contributed by atoms with E-state index in [1.165, 1.54) is 34.4 Å². The molecule has 0 spiro atoms. The van der Waals surface area contributed by atoms with Crippen LogP contribution in [0.3, 0.4) is 0 Å². The number of urea groups is 1. The number of aliphatic hydroxyl groups is 6. The van der Waals surface area contributed by atoms with Crippen molar-refractivity contribution in [2.45, 2.75) is 61.4 Å². The Kier molecular flexibility index (Phi) is 9.65. The fourth-order valence-corrected chi connectivity index (χ4v) is 6.97. The SMILES string of the molecule is Nc1nc(-n2cnc(NC(=O)Nc3ncn(-c4nc(N)c5ncn([C@@H]6C[C@H](NC(=O)CO)[C@@H](O)[C@H]6O)c5n4)n3)n2)nc2c1ncn2[C@@H]1C[C@H](NC(=O)CO)[C@@H](O)[C@H]1O. The molecule has 2 saturated carbocycles. The van der Waals surface area contributed by atoms with Crippen molar-refractivity contribution in [3.63, 3.8) is 0 Å². The van der Waals surface area contributed by atoms with Gasteiger partial charge in [0.1, 0.15) is 61.3 Å². The lowest BCUT2D eigenvalue weighted by Gasteiger charge is -2.18. The Balaban J connectivity index is 0.955. The molecule has 8 atom stereocenters. The molecule has 0 radical (unpaired) electrons. The zero-order valence-electron chi connectivity index (χ0n) is 29.6. The molecule has 0 aromatic carbocycles. The number of nitrogens with two attached hydrogens (primary N) is 2. The number of aliphatic hydroxyl groups excluding tert-OH is 6. The molecule has 0 bridgehead atoms. The van der Waals surface area contributed by atoms with Crippen LogP contribution in [0.4, 0.5) is 28.3 Å². The summed E-state index contributed by atoms with van der Waals surface area (Å²) in [5.41, 5.74) is 13.0. The zero-order valence-corrected chi connectivity index (χ0v) is 29.6. The number of anilines is 4. The number of hydrogen-bond acceptors (Lipinski definition) is 21. The van der Waals surface area contributed by atoms with Gasteiger partial charge in [-0.1, -0.05) is 0 Å². The molecule has 6 aromatic rings. The van der Waals surface area contributed by atoms with E-state index in [0.29, 0.717) is 0 Å². The second kappa shape index (κ2) is 14.8. The summed E-state index contributed by atoms with van der Waals surface area (Å²) >= 11 is 0. The molecule has 2 fully saturated rings. The monoisotopic (exact) mass is 806 g/mol. The summed E-state index contributed by atoms with van der Waals surface area (Å²) in [5, 5.41) is 78.9. The van der Waals surface area contributed by atoms with Gasteiger partial charge >= 0.3 is 6.03 Å². The lowest BCUT2D eigenvalue weighted by atomic mass is 10.2. The van der Waals surface area contributed by atoms with Crippen molar-refractivity contribution in [3.05, 3.63) is 25.3 Å². The highest BCUT2D eigenvalue weighted by Crippen LogP contribution is 2.35. The summed E-state index contributed by atoms with van der Waals surface area (Å²) < 4.78 is 5.17. The van der Waals surface area contributed by atoms with Gasteiger partial charge in [0, 0.05) is 0 Å². The van der Waals surface area contributed by atoms with Gasteiger partial charge in [0.15, 0.2) is 22.9 Å². The van der Waals surface area contributed by atoms with E-state index in [2.05, 4.69) is 71.3 Å². The Bertz CT molecular complexity index is 2360. The molecule has 4 amide bonds. The number of hydrogen-bond donors (Lipinski definition) is 12. The molecule has 14 N–H and O–H groups in total. The fourth-order valence-electron chi connectivity index (χ4n) is 6.97. The number of carbonyl (C=O) groups excluding carboxylic acids is 3. The number of aromatic nitrogens is 14. The molecule has 0 saturated heterocycles. The Labute approximate surface area is 321 Å². The third-order valence-corrected chi connectivity index (χ3v) is 9.72. The van der Waals surface area contributed by atoms with Crippen LogP contribution < -0.4 is 32.7 Å². The minimum absolute atomic E-state index is 0.0523. The van der Waals surface area contributed by atoms with Crippen molar-refractivity contribution >= 4 is 63.7 Å². The largest absolute Gasteiger partial charge is 0.388 e. The van der Waals surface area contributed by atoms with Crippen molar-refractivity contribution < 1.29 is 45.0 Å². The van der Waals surface area contributed by atoms with E-state index in [1.54, 1.807) is 0 Å². The first-order valence-corrected chi connectivity index (χ1v) is 17.3. The van der Waals surface area contributed by atoms with Crippen LogP contribution >= 0.6 is 0 Å². The maximum absolute atomic E-state index is 12.9. The molecule has 29 nitrogen and oxygen atoms in total. The Morgan fingerprint density at radius 2 is 1.03 bits per heavy atom. The number of nitrogen functional groups attached to an aromatic ring is 2. The highest BCUT2D eigenvalue weighted by atomic mass is 16.3. The van der Waals surface area contributed by atoms with E-state index in [4.69, 9.17) is 21.7 Å². The van der Waals surface area contributed by atoms with Crippen LogP contribution in [0.1, 0.15) is 24.9 Å². The van der Waals surface area contributed by atoms with Gasteiger partial charge in [-0.2, -0.15) is 39.3 Å². The Morgan fingerprint density at radius 3 is 1.43 bits per heavy atom. The van der Waals surface area contributed by atoms with E-state index < -0.39 is 79.6 Å². The third-order valence-electron chi connectivity index (χ3n) is 9.72. The number of nitrogens with zero attached hydrogens (tertiary/aromatic N) is 14. The molecule has 0 aliphatic heterocycles. The molecule has 2 aliphatic carbocycles. The standard InChI is InChI=1S/C29H34N20O9/c30-21-15-23(46(5-32-15)11-1-9(17(54)19(11)56)36-13(52)3-50)40-27(38-21)48-7-34-25(44-48)42-29(58)43-26-35-8-49(45-26)28-39-22(31)16-24(41-28)47(6-33-16)12-2-10(18(55)20(12)57)37-14(53)4-51/h5-12,17-20,50-51,54-57H,1-4H2,(H,36,52)(H,37,53)(H2,30,38,40)(H2,31,39,41)(H2,42,43,44,45,58)/t9-,10-,11+,12+,17+,18+,19-,20-/m0/s1. The molecular formula is C29H34N20O9. The smallest absolute Gasteiger partial charge is 0.328 e. The van der Waals surface area contributed by atoms with Crippen LogP contribution in [0.5, 0.6) is 0 Å². The van der Waals surface area contributed by atoms with Gasteiger partial charge in [0.2, 0.25) is 11.8 Å². The molecule has 2 aliphatic rings. The van der Waals surface area contributed by atoms with E-state index >= 15 is 0 Å². The Morgan fingerprint density at radius 1 is 0.621 bits per heavy atom. The minimum atomic E-state index is -1.34. The molecule has 58 heavy (non-hydrogen) atoms. The first-order chi connectivity index (χ1) is 27.8. The quantitative estimate of drug-likeness (QED) is 0.0613. The van der Waals surface area contributed by atoms with Crippen LogP contribution in [0, 0.1) is 0 Å². The maximum atomic E-state index is 12.9. The topological polar surface area (TPSA) is 421 Å². The zero-order chi connectivity index (χ0) is 41.0. The van der Waals surface area contributed by atoms with Gasteiger partial charge in [-0.25, -0.2) is 14.8 Å². The molecule has 6 heterocycles. The molecular weight excluding hydrogens is 772 g/mol. The van der Waals surface area contributed by atoms with E-state index in [-0.39, 0.29) is 70.6 Å². The van der Waals surface area contributed by atoms with Crippen molar-refractivity contribution in [1.82, 2.24) is 79.2 Å². The van der Waals surface area contributed by atoms with Gasteiger partial charge in [0.05, 0.1) is 36.8 Å². The Hall–Kier alpha value is -7.05. The number of imidazole rings is 2. The van der Waals surface area contributed by atoms with Crippen molar-refractivity contribution in [2.24, 2.45) is 0 Å². The van der Waals surface area contributed by atoms with Crippen molar-refractivity contribution in [2.75, 3.05) is 35.3 Å². The van der Waals surface area contributed by atoms with Gasteiger partial charge in [-0.05, 0) is 12.8 Å². The van der Waals surface area contributed by atoms with E-state index in [1.807, 2.05) is 0 Å². The normalized spacial score (nSPS) is 24.4. The van der Waals surface area contributed by atoms with Crippen molar-refractivity contribution in [1.29, 1.82) is 0 Å². The predicted molar refractivity (Wildman–Crippen MR) is 191 cm³/mol. The fraction of sp³-hybridized carbons (Fsp3) is 0.414. The third kappa shape index (κ3) is 6.77. The summed E-state index contributed by atoms with van der Waals surface area (Å²) in [7, 11) is 0. The maximum Gasteiger partial charge on any atom is 0.328 e. The highest BCUT2D eigenvalue weighted by molar-refractivity contribution is 5.97. The van der Waals surface area contributed by atoms with Gasteiger partial charge < -0.3 is 61.9 Å². The number of rotatable bonds is 10. The summed E-state index contributed by atoms with van der Waals surface area (Å²) in [6.45, 7) is -1.58. The summed E-state index contributed by atoms with van der Waals surface area (Å²) in [6, 6.07) is -4.16. The lowest BCUT2D eigenvalue weighted by Crippen LogP contribution is -2.44. The van der Waals surface area contributed by atoms with E-state index in [0.717, 1.165) is 9.36 Å². The average Bonchev–Trinajstić information content (AvgIpc) is 4.07.